The summed E-state index contributed by atoms with van der Waals surface area (Å²) in [7, 11) is 0. The zero-order chi connectivity index (χ0) is 6.69. The second-order valence-corrected chi connectivity index (χ2v) is 1.74. The highest BCUT2D eigenvalue weighted by Gasteiger charge is 2.14. The Hall–Kier alpha value is -1.12. The van der Waals surface area contributed by atoms with Crippen LogP contribution in [0.2, 0.25) is 0 Å². The molecule has 1 unspecified atom stereocenters. The van der Waals surface area contributed by atoms with Crippen molar-refractivity contribution in [2.24, 2.45) is 0 Å². The van der Waals surface area contributed by atoms with Crippen molar-refractivity contribution in [1.29, 1.82) is 0 Å². The van der Waals surface area contributed by atoms with Gasteiger partial charge in [0.15, 0.2) is 0 Å². The highest BCUT2D eigenvalue weighted by Crippen LogP contribution is 2.06. The monoisotopic (exact) mass is 126 g/mol. The molecule has 3 heteroatoms. The lowest BCUT2D eigenvalue weighted by atomic mass is 10.3. The summed E-state index contributed by atoms with van der Waals surface area (Å²) in [6, 6.07) is 0. The van der Waals surface area contributed by atoms with Crippen LogP contribution in [0.5, 0.6) is 0 Å². The maximum atomic E-state index is 10.3. The van der Waals surface area contributed by atoms with Gasteiger partial charge in [-0.15, -0.1) is 0 Å². The van der Waals surface area contributed by atoms with E-state index in [2.05, 4.69) is 4.74 Å². The number of rotatable bonds is 2. The fraction of sp³-hybridized carbons (Fsp3) is 0.333. The molecule has 0 aromatic carbocycles. The van der Waals surface area contributed by atoms with Crippen molar-refractivity contribution in [1.82, 2.24) is 0 Å². The molecule has 0 spiro atoms. The number of ether oxygens (including phenoxy) is 1. The van der Waals surface area contributed by atoms with Crippen LogP contribution in [-0.2, 0) is 14.3 Å². The van der Waals surface area contributed by atoms with Gasteiger partial charge in [-0.3, -0.25) is 0 Å². The van der Waals surface area contributed by atoms with Crippen molar-refractivity contribution in [2.75, 3.05) is 0 Å². The third kappa shape index (κ3) is 1.38. The Balaban J connectivity index is 2.40. The second-order valence-electron chi connectivity index (χ2n) is 1.74. The number of hydrogen-bond donors (Lipinski definition) is 0. The van der Waals surface area contributed by atoms with E-state index in [1.54, 1.807) is 6.08 Å². The van der Waals surface area contributed by atoms with Gasteiger partial charge in [-0.1, -0.05) is 0 Å². The zero-order valence-corrected chi connectivity index (χ0v) is 4.74. The minimum atomic E-state index is -0.359. The maximum absolute atomic E-state index is 10.3. The third-order valence-corrected chi connectivity index (χ3v) is 1.04. The maximum Gasteiger partial charge on any atom is 0.331 e. The Kier molecular flexibility index (Phi) is 1.63. The normalized spacial score (nSPS) is 24.0. The summed E-state index contributed by atoms with van der Waals surface area (Å²) in [5, 5.41) is 0. The van der Waals surface area contributed by atoms with Crippen molar-refractivity contribution in [3.8, 4) is 0 Å². The van der Waals surface area contributed by atoms with Crippen molar-refractivity contribution in [3.05, 3.63) is 12.2 Å². The Labute approximate surface area is 52.3 Å². The largest absolute Gasteiger partial charge is 0.455 e. The average molecular weight is 126 g/mol. The zero-order valence-electron chi connectivity index (χ0n) is 4.74. The van der Waals surface area contributed by atoms with E-state index in [4.69, 9.17) is 0 Å². The smallest absolute Gasteiger partial charge is 0.331 e. The van der Waals surface area contributed by atoms with Gasteiger partial charge in [-0.2, -0.15) is 0 Å². The molecule has 0 N–H and O–H groups in total. The summed E-state index contributed by atoms with van der Waals surface area (Å²) in [6.45, 7) is 0. The average Bonchev–Trinajstić information content (AvgIpc) is 2.17. The Morgan fingerprint density at radius 2 is 2.56 bits per heavy atom. The quantitative estimate of drug-likeness (QED) is 0.388. The number of esters is 1. The van der Waals surface area contributed by atoms with Crippen molar-refractivity contribution in [2.45, 2.75) is 12.5 Å². The van der Waals surface area contributed by atoms with Gasteiger partial charge >= 0.3 is 5.97 Å². The molecule has 9 heavy (non-hydrogen) atoms. The number of carbonyl (C=O) groups excluding carboxylic acids is 2. The summed E-state index contributed by atoms with van der Waals surface area (Å²) in [5.41, 5.74) is 0. The van der Waals surface area contributed by atoms with E-state index in [1.807, 2.05) is 0 Å². The molecular weight excluding hydrogens is 120 g/mol. The molecule has 1 rings (SSSR count). The molecule has 48 valence electrons. The van der Waals surface area contributed by atoms with E-state index in [0.29, 0.717) is 0 Å². The van der Waals surface area contributed by atoms with Gasteiger partial charge in [0.1, 0.15) is 12.4 Å². The van der Waals surface area contributed by atoms with Crippen LogP contribution in [0, 0.1) is 0 Å². The van der Waals surface area contributed by atoms with Crippen molar-refractivity contribution in [3.63, 3.8) is 0 Å². The molecule has 0 radical (unpaired) electrons. The molecular formula is C6H6O3. The van der Waals surface area contributed by atoms with E-state index in [-0.39, 0.29) is 18.5 Å². The number of carbonyl (C=O) groups is 2. The van der Waals surface area contributed by atoms with Crippen LogP contribution in [-0.4, -0.2) is 18.4 Å². The molecule has 0 amide bonds. The fourth-order valence-electron chi connectivity index (χ4n) is 0.635. The SMILES string of the molecule is O=CCC1C=CC(=O)O1. The van der Waals surface area contributed by atoms with Crippen LogP contribution in [0.1, 0.15) is 6.42 Å². The Morgan fingerprint density at radius 3 is 3.00 bits per heavy atom. The molecule has 0 aromatic heterocycles. The van der Waals surface area contributed by atoms with Gasteiger partial charge in [-0.25, -0.2) is 4.79 Å². The van der Waals surface area contributed by atoms with Crippen LogP contribution < -0.4 is 0 Å². The van der Waals surface area contributed by atoms with Crippen LogP contribution in [0.4, 0.5) is 0 Å². The van der Waals surface area contributed by atoms with E-state index in [9.17, 15) is 9.59 Å². The Morgan fingerprint density at radius 1 is 1.78 bits per heavy atom. The topological polar surface area (TPSA) is 43.4 Å². The predicted molar refractivity (Wildman–Crippen MR) is 29.7 cm³/mol. The van der Waals surface area contributed by atoms with Gasteiger partial charge in [0.05, 0.1) is 0 Å². The minimum Gasteiger partial charge on any atom is -0.455 e. The van der Waals surface area contributed by atoms with Crippen molar-refractivity contribution < 1.29 is 14.3 Å². The third-order valence-electron chi connectivity index (χ3n) is 1.04. The molecule has 1 heterocycles. The van der Waals surface area contributed by atoms with Gasteiger partial charge < -0.3 is 9.53 Å². The molecule has 0 aliphatic carbocycles. The fourth-order valence-corrected chi connectivity index (χ4v) is 0.635. The minimum absolute atomic E-state index is 0.266. The van der Waals surface area contributed by atoms with E-state index >= 15 is 0 Å². The Bertz CT molecular complexity index is 160. The van der Waals surface area contributed by atoms with Crippen LogP contribution in [0.15, 0.2) is 12.2 Å². The first-order valence-electron chi connectivity index (χ1n) is 2.65. The van der Waals surface area contributed by atoms with Gasteiger partial charge in [0, 0.05) is 12.5 Å². The lowest BCUT2D eigenvalue weighted by molar-refractivity contribution is -0.139. The van der Waals surface area contributed by atoms with Gasteiger partial charge in [0.25, 0.3) is 0 Å². The first-order valence-corrected chi connectivity index (χ1v) is 2.65. The molecule has 1 aliphatic rings. The van der Waals surface area contributed by atoms with Crippen LogP contribution >= 0.6 is 0 Å². The molecule has 0 aromatic rings. The predicted octanol–water partition coefficient (Wildman–Crippen LogP) is 0.0570. The summed E-state index contributed by atoms with van der Waals surface area (Å²) in [4.78, 5) is 20.1. The molecule has 0 bridgehead atoms. The molecule has 0 saturated heterocycles. The molecule has 3 nitrogen and oxygen atoms in total. The highest BCUT2D eigenvalue weighted by atomic mass is 16.5. The molecule has 0 fully saturated rings. The van der Waals surface area contributed by atoms with Crippen molar-refractivity contribution >= 4 is 12.3 Å². The van der Waals surface area contributed by atoms with Gasteiger partial charge in [0.2, 0.25) is 0 Å². The second kappa shape index (κ2) is 2.44. The van der Waals surface area contributed by atoms with Crippen LogP contribution in [0.3, 0.4) is 0 Å². The lowest BCUT2D eigenvalue weighted by Gasteiger charge is -2.00. The number of hydrogen-bond acceptors (Lipinski definition) is 3. The number of aldehydes is 1. The van der Waals surface area contributed by atoms with Gasteiger partial charge in [-0.05, 0) is 6.08 Å². The highest BCUT2D eigenvalue weighted by molar-refractivity contribution is 5.84. The first kappa shape index (κ1) is 6.01. The summed E-state index contributed by atoms with van der Waals surface area (Å²) < 4.78 is 4.62. The summed E-state index contributed by atoms with van der Waals surface area (Å²) in [5.74, 6) is -0.359. The van der Waals surface area contributed by atoms with E-state index < -0.39 is 0 Å². The molecule has 0 saturated carbocycles. The molecule has 1 atom stereocenters. The standard InChI is InChI=1S/C6H6O3/c7-4-3-5-1-2-6(8)9-5/h1-2,4-5H,3H2. The number of cyclic esters (lactones) is 1. The summed E-state index contributed by atoms with van der Waals surface area (Å²) in [6.07, 6.45) is 3.59. The van der Waals surface area contributed by atoms with E-state index in [0.717, 1.165) is 6.29 Å². The molecule has 1 aliphatic heterocycles. The van der Waals surface area contributed by atoms with Crippen LogP contribution in [0.25, 0.3) is 0 Å². The summed E-state index contributed by atoms with van der Waals surface area (Å²) >= 11 is 0. The first-order chi connectivity index (χ1) is 4.33. The van der Waals surface area contributed by atoms with E-state index in [1.165, 1.54) is 6.08 Å². The lowest BCUT2D eigenvalue weighted by Crippen LogP contribution is -2.07.